The van der Waals surface area contributed by atoms with Crippen LogP contribution >= 0.6 is 0 Å². The molecule has 0 aromatic carbocycles. The maximum atomic E-state index is 5.63. The van der Waals surface area contributed by atoms with Gasteiger partial charge in [-0.15, -0.1) is 5.10 Å². The molecule has 0 saturated carbocycles. The number of morpholine rings is 1. The van der Waals surface area contributed by atoms with E-state index in [9.17, 15) is 0 Å². The Morgan fingerprint density at radius 3 is 2.81 bits per heavy atom. The van der Waals surface area contributed by atoms with E-state index >= 15 is 0 Å². The topological polar surface area (TPSA) is 89.2 Å². The molecule has 1 aliphatic rings. The molecule has 3 aromatic heterocycles. The van der Waals surface area contributed by atoms with E-state index < -0.39 is 0 Å². The average Bonchev–Trinajstić information content (AvgIpc) is 3.16. The molecule has 1 saturated heterocycles. The van der Waals surface area contributed by atoms with Gasteiger partial charge in [0.1, 0.15) is 11.5 Å². The molecule has 1 fully saturated rings. The van der Waals surface area contributed by atoms with Crippen molar-refractivity contribution in [2.75, 3.05) is 38.2 Å². The lowest BCUT2D eigenvalue weighted by Gasteiger charge is -2.34. The van der Waals surface area contributed by atoms with Gasteiger partial charge in [-0.2, -0.15) is 5.10 Å². The molecular weight excluding hydrogens is 344 g/mol. The zero-order valence-corrected chi connectivity index (χ0v) is 15.2. The van der Waals surface area contributed by atoms with Crippen LogP contribution in [-0.2, 0) is 4.74 Å². The molecule has 1 unspecified atom stereocenters. The van der Waals surface area contributed by atoms with Crippen molar-refractivity contribution in [3.05, 3.63) is 54.2 Å². The number of hydrogen-bond acceptors (Lipinski definition) is 8. The monoisotopic (exact) mass is 366 g/mol. The largest absolute Gasteiger partial charge is 0.460 e. The summed E-state index contributed by atoms with van der Waals surface area (Å²) in [7, 11) is 0. The molecule has 0 radical (unpaired) electrons. The number of ether oxygens (including phenoxy) is 1. The fourth-order valence-electron chi connectivity index (χ4n) is 3.18. The van der Waals surface area contributed by atoms with Crippen molar-refractivity contribution in [3.63, 3.8) is 0 Å². The predicted molar refractivity (Wildman–Crippen MR) is 100 cm³/mol. The number of nitrogens with one attached hydrogen (secondary N) is 1. The molecule has 3 aromatic rings. The minimum Gasteiger partial charge on any atom is -0.460 e. The van der Waals surface area contributed by atoms with E-state index in [1.54, 1.807) is 12.4 Å². The van der Waals surface area contributed by atoms with Crippen LogP contribution in [0.4, 0.5) is 5.95 Å². The second-order valence-electron chi connectivity index (χ2n) is 6.41. The van der Waals surface area contributed by atoms with E-state index in [4.69, 9.17) is 9.15 Å². The number of nitrogens with zero attached hydrogens (tertiary/aromatic N) is 5. The van der Waals surface area contributed by atoms with E-state index in [2.05, 4.69) is 36.4 Å². The Morgan fingerprint density at radius 2 is 2.07 bits per heavy atom. The fourth-order valence-corrected chi connectivity index (χ4v) is 3.18. The lowest BCUT2D eigenvalue weighted by molar-refractivity contribution is 0.0186. The van der Waals surface area contributed by atoms with Gasteiger partial charge in [0, 0.05) is 32.0 Å². The van der Waals surface area contributed by atoms with Gasteiger partial charge in [0.2, 0.25) is 5.95 Å². The normalized spacial score (nSPS) is 16.2. The van der Waals surface area contributed by atoms with Gasteiger partial charge in [0.25, 0.3) is 0 Å². The van der Waals surface area contributed by atoms with Crippen LogP contribution in [0, 0.1) is 6.92 Å². The Labute approximate surface area is 157 Å². The number of furan rings is 1. The van der Waals surface area contributed by atoms with E-state index in [-0.39, 0.29) is 6.04 Å². The van der Waals surface area contributed by atoms with Gasteiger partial charge in [0.15, 0.2) is 5.76 Å². The third kappa shape index (κ3) is 4.29. The van der Waals surface area contributed by atoms with Crippen molar-refractivity contribution in [2.24, 2.45) is 0 Å². The maximum absolute atomic E-state index is 5.63. The van der Waals surface area contributed by atoms with Crippen molar-refractivity contribution < 1.29 is 9.15 Å². The first-order valence-electron chi connectivity index (χ1n) is 9.02. The highest BCUT2D eigenvalue weighted by Gasteiger charge is 2.23. The molecule has 4 rings (SSSR count). The Kier molecular flexibility index (Phi) is 5.36. The summed E-state index contributed by atoms with van der Waals surface area (Å²) in [5, 5.41) is 11.5. The number of aryl methyl sites for hydroxylation is 1. The highest BCUT2D eigenvalue weighted by Crippen LogP contribution is 2.23. The van der Waals surface area contributed by atoms with Gasteiger partial charge in [0.05, 0.1) is 25.5 Å². The van der Waals surface area contributed by atoms with Gasteiger partial charge >= 0.3 is 0 Å². The molecule has 0 aliphatic carbocycles. The number of anilines is 1. The number of aromatic nitrogens is 4. The second kappa shape index (κ2) is 8.24. The zero-order valence-electron chi connectivity index (χ0n) is 15.2. The van der Waals surface area contributed by atoms with Gasteiger partial charge in [-0.05, 0) is 30.7 Å². The van der Waals surface area contributed by atoms with E-state index in [0.29, 0.717) is 23.9 Å². The standard InChI is InChI=1S/C19H22N6O2/c1-14-4-5-18(27-14)16-12-22-24-19(23-16)21-13-17(15-3-2-6-20-11-15)25-7-9-26-10-8-25/h2-6,11-12,17H,7-10,13H2,1H3,(H,21,23,24). The van der Waals surface area contributed by atoms with Crippen molar-refractivity contribution in [2.45, 2.75) is 13.0 Å². The van der Waals surface area contributed by atoms with Gasteiger partial charge < -0.3 is 14.5 Å². The van der Waals surface area contributed by atoms with Crippen LogP contribution in [0.25, 0.3) is 11.5 Å². The lowest BCUT2D eigenvalue weighted by atomic mass is 10.1. The van der Waals surface area contributed by atoms with E-state index in [0.717, 1.165) is 37.6 Å². The molecule has 4 heterocycles. The highest BCUT2D eigenvalue weighted by molar-refractivity contribution is 5.52. The van der Waals surface area contributed by atoms with Crippen LogP contribution in [0.1, 0.15) is 17.4 Å². The lowest BCUT2D eigenvalue weighted by Crippen LogP contribution is -2.41. The van der Waals surface area contributed by atoms with Crippen molar-refractivity contribution in [1.82, 2.24) is 25.1 Å². The summed E-state index contributed by atoms with van der Waals surface area (Å²) >= 11 is 0. The number of pyridine rings is 1. The zero-order chi connectivity index (χ0) is 18.5. The van der Waals surface area contributed by atoms with Gasteiger partial charge in [-0.3, -0.25) is 9.88 Å². The van der Waals surface area contributed by atoms with Crippen molar-refractivity contribution >= 4 is 5.95 Å². The predicted octanol–water partition coefficient (Wildman–Crippen LogP) is 2.32. The third-order valence-electron chi connectivity index (χ3n) is 4.56. The van der Waals surface area contributed by atoms with E-state index in [1.807, 2.05) is 31.3 Å². The first-order chi connectivity index (χ1) is 13.3. The molecule has 140 valence electrons. The molecule has 27 heavy (non-hydrogen) atoms. The van der Waals surface area contributed by atoms with Crippen molar-refractivity contribution in [1.29, 1.82) is 0 Å². The Hall–Kier alpha value is -2.84. The molecule has 0 spiro atoms. The Morgan fingerprint density at radius 1 is 1.19 bits per heavy atom. The van der Waals surface area contributed by atoms with Crippen LogP contribution < -0.4 is 5.32 Å². The summed E-state index contributed by atoms with van der Waals surface area (Å²) < 4.78 is 11.1. The summed E-state index contributed by atoms with van der Waals surface area (Å²) in [5.74, 6) is 1.99. The molecule has 1 atom stereocenters. The summed E-state index contributed by atoms with van der Waals surface area (Å²) in [6.07, 6.45) is 5.29. The first-order valence-corrected chi connectivity index (χ1v) is 9.02. The van der Waals surface area contributed by atoms with Crippen LogP contribution in [0.15, 0.2) is 47.3 Å². The van der Waals surface area contributed by atoms with Crippen LogP contribution in [0.5, 0.6) is 0 Å². The molecule has 1 aliphatic heterocycles. The quantitative estimate of drug-likeness (QED) is 0.711. The SMILES string of the molecule is Cc1ccc(-c2cnnc(NCC(c3cccnc3)N3CCOCC3)n2)o1. The maximum Gasteiger partial charge on any atom is 0.243 e. The Bertz CT molecular complexity index is 863. The number of rotatable bonds is 6. The molecule has 0 amide bonds. The molecule has 8 nitrogen and oxygen atoms in total. The second-order valence-corrected chi connectivity index (χ2v) is 6.41. The smallest absolute Gasteiger partial charge is 0.243 e. The Balaban J connectivity index is 1.50. The molecular formula is C19H22N6O2. The molecule has 0 bridgehead atoms. The minimum atomic E-state index is 0.153. The summed E-state index contributed by atoms with van der Waals surface area (Å²) in [6.45, 7) is 5.79. The summed E-state index contributed by atoms with van der Waals surface area (Å²) in [5.41, 5.74) is 1.81. The van der Waals surface area contributed by atoms with Crippen LogP contribution in [0.2, 0.25) is 0 Å². The fraction of sp³-hybridized carbons (Fsp3) is 0.368. The highest BCUT2D eigenvalue weighted by atomic mass is 16.5. The van der Waals surface area contributed by atoms with Gasteiger partial charge in [-0.25, -0.2) is 4.98 Å². The van der Waals surface area contributed by atoms with Crippen LogP contribution in [0.3, 0.4) is 0 Å². The molecule has 8 heteroatoms. The van der Waals surface area contributed by atoms with E-state index in [1.165, 1.54) is 0 Å². The minimum absolute atomic E-state index is 0.153. The molecule has 1 N–H and O–H groups in total. The van der Waals surface area contributed by atoms with Gasteiger partial charge in [-0.1, -0.05) is 6.07 Å². The average molecular weight is 366 g/mol. The first kappa shape index (κ1) is 17.6. The number of hydrogen-bond donors (Lipinski definition) is 1. The summed E-state index contributed by atoms with van der Waals surface area (Å²) in [6, 6.07) is 7.99. The summed E-state index contributed by atoms with van der Waals surface area (Å²) in [4.78, 5) is 11.2. The third-order valence-corrected chi connectivity index (χ3v) is 4.56. The van der Waals surface area contributed by atoms with Crippen LogP contribution in [-0.4, -0.2) is 57.9 Å². The van der Waals surface area contributed by atoms with Crippen molar-refractivity contribution in [3.8, 4) is 11.5 Å².